The van der Waals surface area contributed by atoms with E-state index >= 15 is 0 Å². The maximum Gasteiger partial charge on any atom is 0.0905 e. The summed E-state index contributed by atoms with van der Waals surface area (Å²) in [4.78, 5) is 9.34. The quantitative estimate of drug-likeness (QED) is 0.244. The fourth-order valence-electron chi connectivity index (χ4n) is 0. The van der Waals surface area contributed by atoms with Crippen molar-refractivity contribution in [2.75, 3.05) is 0 Å². The van der Waals surface area contributed by atoms with Gasteiger partial charge in [0.05, 0.1) is 12.1 Å². The monoisotopic (exact) mass is 171 g/mol. The third-order valence-electron chi connectivity index (χ3n) is 0.341. The predicted octanol–water partition coefficient (Wildman–Crippen LogP) is -1.87. The molecule has 0 radical (unpaired) electrons. The van der Waals surface area contributed by atoms with Crippen molar-refractivity contribution in [2.45, 2.75) is 13.0 Å². The van der Waals surface area contributed by atoms with Gasteiger partial charge in [-0.2, -0.15) is 0 Å². The minimum Gasteiger partial charge on any atom is -0.547 e. The molecule has 1 unspecified atom stereocenters. The largest absolute Gasteiger partial charge is 0.547 e. The first kappa shape index (κ1) is 16.0. The number of rotatable bonds is 1. The van der Waals surface area contributed by atoms with Gasteiger partial charge in [-0.15, -0.1) is 0 Å². The van der Waals surface area contributed by atoms with Crippen molar-refractivity contribution in [3.05, 3.63) is 0 Å². The smallest absolute Gasteiger partial charge is 0.0905 e. The normalized spacial score (nSPS) is 9.78. The van der Waals surface area contributed by atoms with Gasteiger partial charge < -0.3 is 15.0 Å². The summed E-state index contributed by atoms with van der Waals surface area (Å²) >= 11 is 0. The molecule has 0 saturated heterocycles. The molecule has 54 valence electrons. The summed E-state index contributed by atoms with van der Waals surface area (Å²) in [6.07, 6.45) is -1.34. The molecule has 0 spiro atoms. The molecule has 0 aliphatic carbocycles. The Hall–Kier alpha value is 0.0643. The molecule has 6 heteroatoms. The number of aliphatic hydroxyl groups is 1. The Morgan fingerprint density at radius 1 is 1.56 bits per heavy atom. The van der Waals surface area contributed by atoms with Gasteiger partial charge in [-0.1, -0.05) is 0 Å². The number of carbonyl (C=O) groups is 1. The number of aliphatic carboxylic acids is 1. The first-order valence-electron chi connectivity index (χ1n) is 1.73. The van der Waals surface area contributed by atoms with Crippen LogP contribution in [0.1, 0.15) is 6.92 Å². The zero-order chi connectivity index (χ0) is 7.15. The van der Waals surface area contributed by atoms with Gasteiger partial charge in [0.25, 0.3) is 0 Å². The van der Waals surface area contributed by atoms with Gasteiger partial charge in [-0.3, -0.25) is 10.5 Å². The molecule has 0 aromatic carbocycles. The molecule has 0 amide bonds. The summed E-state index contributed by atoms with van der Waals surface area (Å²) < 4.78 is 0. The van der Waals surface area contributed by atoms with Gasteiger partial charge in [0.1, 0.15) is 0 Å². The summed E-state index contributed by atoms with van der Waals surface area (Å²) in [5.74, 6) is -1.44. The van der Waals surface area contributed by atoms with Gasteiger partial charge in [0, 0.05) is 21.7 Å². The van der Waals surface area contributed by atoms with Crippen LogP contribution < -0.4 is 5.11 Å². The van der Waals surface area contributed by atoms with E-state index in [1.807, 2.05) is 0 Å². The Labute approximate surface area is 66.7 Å². The topological polar surface area (TPSA) is 101 Å². The van der Waals surface area contributed by atoms with Gasteiger partial charge in [0.2, 0.25) is 0 Å². The van der Waals surface area contributed by atoms with Crippen LogP contribution in [-0.4, -0.2) is 27.7 Å². The Morgan fingerprint density at radius 2 is 1.67 bits per heavy atom. The van der Waals surface area contributed by atoms with E-state index in [-0.39, 0.29) is 21.7 Å². The van der Waals surface area contributed by atoms with Crippen LogP contribution in [0.15, 0.2) is 0 Å². The van der Waals surface area contributed by atoms with E-state index in [2.05, 4.69) is 0 Å². The van der Waals surface area contributed by atoms with Crippen LogP contribution in [0.25, 0.3) is 0 Å². The van der Waals surface area contributed by atoms with E-state index in [9.17, 15) is 9.90 Å². The van der Waals surface area contributed by atoms with Crippen molar-refractivity contribution in [1.29, 1.82) is 0 Å². The average molecular weight is 171 g/mol. The summed E-state index contributed by atoms with van der Waals surface area (Å²) in [6, 6.07) is 0. The summed E-state index contributed by atoms with van der Waals surface area (Å²) in [5, 5.41) is 29.3. The number of hydrogen-bond donors (Lipinski definition) is 3. The molecule has 0 rings (SSSR count). The molecule has 0 saturated carbocycles. The number of carbonyl (C=O) groups excluding carboxylic acids is 1. The Kier molecular flexibility index (Phi) is 19.5. The molecule has 9 heavy (non-hydrogen) atoms. The van der Waals surface area contributed by atoms with Gasteiger partial charge in [0.15, 0.2) is 0 Å². The number of hydrogen-bond acceptors (Lipinski definition) is 5. The Morgan fingerprint density at radius 3 is 1.67 bits per heavy atom. The minimum atomic E-state index is -1.44. The molecule has 0 aliphatic rings. The van der Waals surface area contributed by atoms with E-state index in [1.54, 1.807) is 0 Å². The second-order valence-electron chi connectivity index (χ2n) is 0.995. The molecule has 3 N–H and O–H groups in total. The Balaban J connectivity index is -0.000000109. The molecule has 0 aromatic heterocycles. The fourth-order valence-corrected chi connectivity index (χ4v) is 0. The van der Waals surface area contributed by atoms with E-state index in [4.69, 9.17) is 15.6 Å². The third kappa shape index (κ3) is 18.0. The predicted molar refractivity (Wildman–Crippen MR) is 21.9 cm³/mol. The SMILES string of the molecule is CC(O)C(=O)[O-].OO.[Ti]. The zero-order valence-electron chi connectivity index (χ0n) is 4.74. The molecule has 0 heterocycles. The van der Waals surface area contributed by atoms with Crippen molar-refractivity contribution < 1.29 is 47.2 Å². The van der Waals surface area contributed by atoms with Crippen molar-refractivity contribution in [2.24, 2.45) is 0 Å². The molecular weight excluding hydrogens is 164 g/mol. The van der Waals surface area contributed by atoms with Gasteiger partial charge in [-0.25, -0.2) is 0 Å². The Bertz CT molecular complexity index is 63.2. The molecule has 1 atom stereocenters. The molecule has 5 nitrogen and oxygen atoms in total. The van der Waals surface area contributed by atoms with Crippen molar-refractivity contribution in [1.82, 2.24) is 0 Å². The number of carboxylic acid groups (broad SMARTS) is 1. The minimum absolute atomic E-state index is 0. The van der Waals surface area contributed by atoms with Crippen LogP contribution in [0.2, 0.25) is 0 Å². The maximum absolute atomic E-state index is 9.34. The van der Waals surface area contributed by atoms with E-state index in [1.165, 1.54) is 0 Å². The standard InChI is InChI=1S/C3H6O3.H2O2.Ti/c1-2(4)3(5)6;1-2;/h2,4H,1H3,(H,5,6);1-2H;/p-1. The molecule has 0 fully saturated rings. The van der Waals surface area contributed by atoms with Crippen LogP contribution in [0, 0.1) is 0 Å². The average Bonchev–Trinajstić information content (AvgIpc) is 1.72. The molecular formula is C3H7O5Ti-. The molecule has 0 aliphatic heterocycles. The molecule has 0 aromatic rings. The van der Waals surface area contributed by atoms with Gasteiger partial charge in [-0.05, 0) is 6.92 Å². The molecule has 0 bridgehead atoms. The zero-order valence-corrected chi connectivity index (χ0v) is 6.30. The first-order valence-corrected chi connectivity index (χ1v) is 1.73. The van der Waals surface area contributed by atoms with Crippen LogP contribution in [0.4, 0.5) is 0 Å². The van der Waals surface area contributed by atoms with Crippen molar-refractivity contribution in [3.63, 3.8) is 0 Å². The van der Waals surface area contributed by atoms with Crippen LogP contribution in [0.3, 0.4) is 0 Å². The number of aliphatic hydroxyl groups excluding tert-OH is 1. The van der Waals surface area contributed by atoms with E-state index in [0.717, 1.165) is 6.92 Å². The van der Waals surface area contributed by atoms with E-state index < -0.39 is 12.1 Å². The van der Waals surface area contributed by atoms with Crippen LogP contribution in [-0.2, 0) is 26.5 Å². The van der Waals surface area contributed by atoms with Crippen molar-refractivity contribution >= 4 is 5.97 Å². The van der Waals surface area contributed by atoms with Crippen LogP contribution >= 0.6 is 0 Å². The van der Waals surface area contributed by atoms with Crippen LogP contribution in [0.5, 0.6) is 0 Å². The first-order chi connectivity index (χ1) is 3.64. The van der Waals surface area contributed by atoms with Gasteiger partial charge >= 0.3 is 0 Å². The number of carboxylic acids is 1. The second kappa shape index (κ2) is 10.9. The summed E-state index contributed by atoms with van der Waals surface area (Å²) in [7, 11) is 0. The van der Waals surface area contributed by atoms with E-state index in [0.29, 0.717) is 0 Å². The maximum atomic E-state index is 9.34. The second-order valence-corrected chi connectivity index (χ2v) is 0.995. The third-order valence-corrected chi connectivity index (χ3v) is 0.341. The summed E-state index contributed by atoms with van der Waals surface area (Å²) in [5.41, 5.74) is 0. The van der Waals surface area contributed by atoms with Crippen molar-refractivity contribution in [3.8, 4) is 0 Å². The fraction of sp³-hybridized carbons (Fsp3) is 0.667. The summed E-state index contributed by atoms with van der Waals surface area (Å²) in [6.45, 7) is 1.13.